The highest BCUT2D eigenvalue weighted by Gasteiger charge is 2.37. The minimum Gasteiger partial charge on any atom is -0.507 e. The van der Waals surface area contributed by atoms with Crippen LogP contribution >= 0.6 is 0 Å². The SMILES string of the molecule is COc1ccc2cc1-c1cc(ccc1O)C[C@H]1c3c(cc(OC)c4c3Oc3cc5c(cc3O4)CCN(C)[C@H]5C2)CCN1C. The topological polar surface area (TPSA) is 63.6 Å². The van der Waals surface area contributed by atoms with Crippen molar-refractivity contribution in [3.63, 3.8) is 0 Å². The second-order valence-electron chi connectivity index (χ2n) is 12.3. The van der Waals surface area contributed by atoms with Gasteiger partial charge in [-0.25, -0.2) is 0 Å². The second-order valence-corrected chi connectivity index (χ2v) is 12.3. The van der Waals surface area contributed by atoms with Gasteiger partial charge in [-0.2, -0.15) is 0 Å². The van der Waals surface area contributed by atoms with Crippen molar-refractivity contribution in [2.75, 3.05) is 41.4 Å². The Kier molecular flexibility index (Phi) is 6.10. The van der Waals surface area contributed by atoms with Gasteiger partial charge < -0.3 is 24.1 Å². The summed E-state index contributed by atoms with van der Waals surface area (Å²) >= 11 is 0. The molecule has 220 valence electrons. The molecule has 2 atom stereocenters. The molecule has 0 aromatic heterocycles. The summed E-state index contributed by atoms with van der Waals surface area (Å²) in [5.74, 6) is 4.58. The van der Waals surface area contributed by atoms with Crippen LogP contribution in [0.4, 0.5) is 0 Å². The molecular weight excluding hydrogens is 540 g/mol. The maximum absolute atomic E-state index is 11.1. The van der Waals surface area contributed by atoms with Crippen molar-refractivity contribution in [2.45, 2.75) is 37.8 Å². The number of likely N-dealkylation sites (N-methyl/N-ethyl adjacent to an activating group) is 2. The molecule has 0 saturated heterocycles. The van der Waals surface area contributed by atoms with E-state index in [1.54, 1.807) is 14.2 Å². The molecule has 0 amide bonds. The zero-order valence-electron chi connectivity index (χ0n) is 25.1. The van der Waals surface area contributed by atoms with E-state index in [1.807, 2.05) is 18.2 Å². The molecule has 0 aliphatic carbocycles. The number of phenols is 1. The molecule has 0 radical (unpaired) electrons. The van der Waals surface area contributed by atoms with Crippen LogP contribution in [0.1, 0.15) is 45.5 Å². The van der Waals surface area contributed by atoms with Crippen LogP contribution in [0.25, 0.3) is 11.1 Å². The molecule has 7 nitrogen and oxygen atoms in total. The van der Waals surface area contributed by atoms with Crippen LogP contribution in [0.5, 0.6) is 40.2 Å². The predicted molar refractivity (Wildman–Crippen MR) is 165 cm³/mol. The van der Waals surface area contributed by atoms with Crippen molar-refractivity contribution >= 4 is 0 Å². The maximum Gasteiger partial charge on any atom is 0.212 e. The molecule has 4 aromatic rings. The van der Waals surface area contributed by atoms with Crippen molar-refractivity contribution in [3.05, 3.63) is 88.0 Å². The van der Waals surface area contributed by atoms with Crippen LogP contribution in [0, 0.1) is 0 Å². The number of ether oxygens (including phenoxy) is 4. The first-order valence-electron chi connectivity index (χ1n) is 15.1. The summed E-state index contributed by atoms with van der Waals surface area (Å²) < 4.78 is 25.2. The van der Waals surface area contributed by atoms with Gasteiger partial charge in [0.25, 0.3) is 0 Å². The number of hydrogen-bond donors (Lipinski definition) is 1. The molecule has 1 N–H and O–H groups in total. The van der Waals surface area contributed by atoms with Gasteiger partial charge in [-0.1, -0.05) is 12.1 Å². The Morgan fingerprint density at radius 2 is 1.35 bits per heavy atom. The fourth-order valence-electron chi connectivity index (χ4n) is 7.48. The third-order valence-electron chi connectivity index (χ3n) is 9.87. The molecular formula is C36H36N2O5. The lowest BCUT2D eigenvalue weighted by Gasteiger charge is -2.39. The number of fused-ring (bicyclic) bond motifs is 5. The van der Waals surface area contributed by atoms with Gasteiger partial charge in [0.2, 0.25) is 5.75 Å². The molecule has 4 aromatic carbocycles. The van der Waals surface area contributed by atoms with E-state index in [0.717, 1.165) is 84.0 Å². The van der Waals surface area contributed by atoms with Gasteiger partial charge in [-0.3, -0.25) is 9.80 Å². The number of phenolic OH excluding ortho intramolecular Hbond substituents is 1. The molecule has 0 spiro atoms. The van der Waals surface area contributed by atoms with Gasteiger partial charge in [0.1, 0.15) is 11.5 Å². The van der Waals surface area contributed by atoms with Gasteiger partial charge in [-0.15, -0.1) is 0 Å². The standard InChI is InChI=1S/C36H36N2O5/c1-37-11-9-22-17-31-32-19-24(22)27(37)15-21-6-8-30(40-3)26(14-21)25-13-20(5-7-29(25)39)16-28-34-23(10-12-38(28)2)18-33(41-4)35(42-31)36(34)43-32/h5-8,13-14,17-19,27-28,39H,9-12,15-16H2,1-4H3/t27-,28-/m0/s1. The van der Waals surface area contributed by atoms with Crippen LogP contribution in [0.3, 0.4) is 0 Å². The third kappa shape index (κ3) is 4.17. The van der Waals surface area contributed by atoms with E-state index in [4.69, 9.17) is 18.9 Å². The van der Waals surface area contributed by atoms with Gasteiger partial charge >= 0.3 is 0 Å². The van der Waals surface area contributed by atoms with Gasteiger partial charge in [0.05, 0.1) is 14.2 Å². The minimum atomic E-state index is 0.0450. The Bertz CT molecular complexity index is 1780. The van der Waals surface area contributed by atoms with E-state index in [2.05, 4.69) is 60.3 Å². The van der Waals surface area contributed by atoms with Crippen LogP contribution in [0.15, 0.2) is 54.6 Å². The number of nitrogens with zero attached hydrogens (tertiary/aromatic N) is 2. The van der Waals surface area contributed by atoms with Crippen molar-refractivity contribution in [1.82, 2.24) is 9.80 Å². The summed E-state index contributed by atoms with van der Waals surface area (Å²) in [6.07, 6.45) is 3.39. The zero-order chi connectivity index (χ0) is 29.4. The minimum absolute atomic E-state index is 0.0450. The van der Waals surface area contributed by atoms with E-state index in [0.29, 0.717) is 11.5 Å². The van der Waals surface area contributed by atoms with Gasteiger partial charge in [0.15, 0.2) is 23.0 Å². The van der Waals surface area contributed by atoms with Crippen LogP contribution < -0.4 is 18.9 Å². The fourth-order valence-corrected chi connectivity index (χ4v) is 7.48. The Morgan fingerprint density at radius 1 is 0.698 bits per heavy atom. The smallest absolute Gasteiger partial charge is 0.212 e. The number of methoxy groups -OCH3 is 2. The Morgan fingerprint density at radius 3 is 2.14 bits per heavy atom. The summed E-state index contributed by atoms with van der Waals surface area (Å²) in [6.45, 7) is 1.87. The molecule has 4 aliphatic heterocycles. The van der Waals surface area contributed by atoms with Gasteiger partial charge in [-0.05, 0) is 110 Å². The summed E-state index contributed by atoms with van der Waals surface area (Å²) in [5, 5.41) is 11.1. The van der Waals surface area contributed by atoms with E-state index >= 15 is 0 Å². The average Bonchev–Trinajstić information content (AvgIpc) is 3.02. The number of benzene rings is 4. The first-order valence-corrected chi connectivity index (χ1v) is 15.1. The summed E-state index contributed by atoms with van der Waals surface area (Å²) in [6, 6.07) is 19.0. The van der Waals surface area contributed by atoms with Crippen LogP contribution in [0.2, 0.25) is 0 Å². The lowest BCUT2D eigenvalue weighted by molar-refractivity contribution is 0.218. The highest BCUT2D eigenvalue weighted by molar-refractivity contribution is 5.77. The Hall–Kier alpha value is -4.20. The van der Waals surface area contributed by atoms with E-state index < -0.39 is 0 Å². The van der Waals surface area contributed by atoms with Crippen molar-refractivity contribution in [2.24, 2.45) is 0 Å². The summed E-state index contributed by atoms with van der Waals surface area (Å²) in [5.41, 5.74) is 8.90. The van der Waals surface area contributed by atoms with Gasteiger partial charge in [0, 0.05) is 41.9 Å². The number of hydrogen-bond acceptors (Lipinski definition) is 7. The average molecular weight is 577 g/mol. The van der Waals surface area contributed by atoms with E-state index in [1.165, 1.54) is 22.3 Å². The highest BCUT2D eigenvalue weighted by Crippen LogP contribution is 2.56. The molecule has 7 bridgehead atoms. The van der Waals surface area contributed by atoms with E-state index in [9.17, 15) is 5.11 Å². The fraction of sp³-hybridized carbons (Fsp3) is 0.333. The van der Waals surface area contributed by atoms with Crippen LogP contribution in [-0.4, -0.2) is 56.3 Å². The highest BCUT2D eigenvalue weighted by atomic mass is 16.6. The van der Waals surface area contributed by atoms with Crippen LogP contribution in [-0.2, 0) is 25.7 Å². The lowest BCUT2D eigenvalue weighted by atomic mass is 9.85. The molecule has 4 aliphatic rings. The Labute approximate surface area is 252 Å². The molecule has 0 fully saturated rings. The predicted octanol–water partition coefficient (Wildman–Crippen LogP) is 6.83. The quantitative estimate of drug-likeness (QED) is 0.247. The molecule has 0 unspecified atom stereocenters. The monoisotopic (exact) mass is 576 g/mol. The normalized spacial score (nSPS) is 20.3. The molecule has 7 heteroatoms. The maximum atomic E-state index is 11.1. The first-order chi connectivity index (χ1) is 20.9. The molecule has 8 rings (SSSR count). The summed E-state index contributed by atoms with van der Waals surface area (Å²) in [4.78, 5) is 4.82. The lowest BCUT2D eigenvalue weighted by Crippen LogP contribution is -2.34. The van der Waals surface area contributed by atoms with Crippen molar-refractivity contribution in [1.29, 1.82) is 0 Å². The third-order valence-corrected chi connectivity index (χ3v) is 9.87. The molecule has 0 saturated carbocycles. The molecule has 43 heavy (non-hydrogen) atoms. The number of rotatable bonds is 2. The zero-order valence-corrected chi connectivity index (χ0v) is 25.1. The van der Waals surface area contributed by atoms with Crippen molar-refractivity contribution < 1.29 is 24.1 Å². The Balaban J connectivity index is 1.40. The number of aromatic hydroxyl groups is 1. The molecule has 4 heterocycles. The van der Waals surface area contributed by atoms with E-state index in [-0.39, 0.29) is 17.8 Å². The first kappa shape index (κ1) is 26.4. The largest absolute Gasteiger partial charge is 0.507 e. The van der Waals surface area contributed by atoms with Crippen molar-refractivity contribution in [3.8, 4) is 51.4 Å². The second kappa shape index (κ2) is 9.93. The summed E-state index contributed by atoms with van der Waals surface area (Å²) in [7, 11) is 7.75.